The van der Waals surface area contributed by atoms with Gasteiger partial charge in [0.25, 0.3) is 0 Å². The van der Waals surface area contributed by atoms with Crippen LogP contribution in [0.3, 0.4) is 0 Å². The Labute approximate surface area is 175 Å². The van der Waals surface area contributed by atoms with Crippen LogP contribution in [-0.2, 0) is 0 Å². The minimum atomic E-state index is -0.853. The first-order chi connectivity index (χ1) is 15.1. The van der Waals surface area contributed by atoms with Crippen LogP contribution in [0.4, 0.5) is 11.4 Å². The maximum absolute atomic E-state index is 13.1. The third-order valence-corrected chi connectivity index (χ3v) is 5.78. The van der Waals surface area contributed by atoms with Crippen LogP contribution in [0, 0.1) is 0 Å². The summed E-state index contributed by atoms with van der Waals surface area (Å²) in [6.07, 6.45) is 0. The summed E-state index contributed by atoms with van der Waals surface area (Å²) in [4.78, 5) is 26.2. The van der Waals surface area contributed by atoms with Gasteiger partial charge in [0.2, 0.25) is 0 Å². The van der Waals surface area contributed by atoms with Crippen LogP contribution in [0.1, 0.15) is 22.6 Å². The zero-order valence-electron chi connectivity index (χ0n) is 16.1. The Morgan fingerprint density at radius 1 is 0.710 bits per heavy atom. The minimum Gasteiger partial charge on any atom is -0.507 e. The lowest BCUT2D eigenvalue weighted by Gasteiger charge is -2.29. The fourth-order valence-corrected chi connectivity index (χ4v) is 4.42. The van der Waals surface area contributed by atoms with Gasteiger partial charge < -0.3 is 19.3 Å². The standard InChI is InChI=1S/C25H15NO5/c27-23-15-9-3-6-12-18(15)31-25(29)21(23)19-13-7-1-4-10-16(13)26-22-14-8-2-5-11-17(14)30-24(28)20(19)22/h1-12,19,26-27H/t19-/m1/s1. The molecule has 1 aliphatic rings. The fraction of sp³-hybridized carbons (Fsp3) is 0.0400. The van der Waals surface area contributed by atoms with Crippen molar-refractivity contribution >= 4 is 33.3 Å². The van der Waals surface area contributed by atoms with Crippen LogP contribution < -0.4 is 16.6 Å². The molecule has 0 bridgehead atoms. The molecule has 1 atom stereocenters. The monoisotopic (exact) mass is 409 g/mol. The number of para-hydroxylation sites is 3. The van der Waals surface area contributed by atoms with E-state index in [1.807, 2.05) is 36.4 Å². The van der Waals surface area contributed by atoms with E-state index in [1.54, 1.807) is 36.4 Å². The van der Waals surface area contributed by atoms with Gasteiger partial charge in [0.15, 0.2) is 0 Å². The van der Waals surface area contributed by atoms with E-state index in [2.05, 4.69) is 5.32 Å². The van der Waals surface area contributed by atoms with Crippen LogP contribution >= 0.6 is 0 Å². The third-order valence-electron chi connectivity index (χ3n) is 5.78. The van der Waals surface area contributed by atoms with E-state index in [9.17, 15) is 14.7 Å². The Balaban J connectivity index is 1.77. The van der Waals surface area contributed by atoms with Crippen LogP contribution in [0.15, 0.2) is 91.2 Å². The molecular weight excluding hydrogens is 394 g/mol. The third kappa shape index (κ3) is 2.45. The Bertz CT molecular complexity index is 1600. The normalized spacial score (nSPS) is 14.8. The van der Waals surface area contributed by atoms with Crippen LogP contribution in [0.2, 0.25) is 0 Å². The molecule has 1 aliphatic heterocycles. The lowest BCUT2D eigenvalue weighted by molar-refractivity contribution is 0.453. The molecule has 3 aromatic carbocycles. The van der Waals surface area contributed by atoms with Crippen molar-refractivity contribution in [2.45, 2.75) is 5.92 Å². The van der Waals surface area contributed by atoms with Crippen molar-refractivity contribution in [3.63, 3.8) is 0 Å². The topological polar surface area (TPSA) is 92.7 Å². The summed E-state index contributed by atoms with van der Waals surface area (Å²) in [7, 11) is 0. The summed E-state index contributed by atoms with van der Waals surface area (Å²) >= 11 is 0. The van der Waals surface area contributed by atoms with E-state index in [0.29, 0.717) is 27.6 Å². The molecule has 31 heavy (non-hydrogen) atoms. The molecule has 0 amide bonds. The summed E-state index contributed by atoms with van der Waals surface area (Å²) < 4.78 is 11.1. The Hall–Kier alpha value is -4.32. The zero-order valence-corrected chi connectivity index (χ0v) is 16.1. The predicted molar refractivity (Wildman–Crippen MR) is 117 cm³/mol. The summed E-state index contributed by atoms with van der Waals surface area (Å²) in [6.45, 7) is 0. The van der Waals surface area contributed by atoms with Crippen molar-refractivity contribution in [3.05, 3.63) is 110 Å². The molecular formula is C25H15NO5. The molecule has 0 saturated carbocycles. The van der Waals surface area contributed by atoms with Gasteiger partial charge in [-0.2, -0.15) is 0 Å². The molecule has 0 fully saturated rings. The van der Waals surface area contributed by atoms with Gasteiger partial charge in [0.05, 0.1) is 28.1 Å². The lowest BCUT2D eigenvalue weighted by Crippen LogP contribution is -2.26. The molecule has 5 aromatic rings. The number of anilines is 2. The highest BCUT2D eigenvalue weighted by Crippen LogP contribution is 2.47. The lowest BCUT2D eigenvalue weighted by atomic mass is 9.81. The van der Waals surface area contributed by atoms with E-state index in [-0.39, 0.29) is 22.5 Å². The molecule has 0 saturated heterocycles. The van der Waals surface area contributed by atoms with Gasteiger partial charge >= 0.3 is 11.3 Å². The number of benzene rings is 3. The molecule has 3 heterocycles. The molecule has 2 N–H and O–H groups in total. The van der Waals surface area contributed by atoms with Gasteiger partial charge in [-0.15, -0.1) is 0 Å². The quantitative estimate of drug-likeness (QED) is 0.378. The highest BCUT2D eigenvalue weighted by Gasteiger charge is 2.36. The number of rotatable bonds is 1. The molecule has 2 aromatic heterocycles. The second kappa shape index (κ2) is 6.34. The summed E-state index contributed by atoms with van der Waals surface area (Å²) in [5, 5.41) is 15.6. The minimum absolute atomic E-state index is 0.0106. The largest absolute Gasteiger partial charge is 0.507 e. The van der Waals surface area contributed by atoms with Crippen molar-refractivity contribution in [2.75, 3.05) is 5.32 Å². The molecule has 6 rings (SSSR count). The van der Waals surface area contributed by atoms with Crippen LogP contribution in [-0.4, -0.2) is 5.11 Å². The van der Waals surface area contributed by atoms with Crippen molar-refractivity contribution < 1.29 is 13.9 Å². The first kappa shape index (κ1) is 17.5. The Morgan fingerprint density at radius 2 is 1.29 bits per heavy atom. The maximum Gasteiger partial charge on any atom is 0.344 e. The first-order valence-corrected chi connectivity index (χ1v) is 9.80. The predicted octanol–water partition coefficient (Wildman–Crippen LogP) is 4.84. The molecule has 6 heteroatoms. The highest BCUT2D eigenvalue weighted by molar-refractivity contribution is 5.96. The maximum atomic E-state index is 13.1. The number of hydrogen-bond donors (Lipinski definition) is 2. The van der Waals surface area contributed by atoms with Gasteiger partial charge in [0.1, 0.15) is 16.9 Å². The molecule has 0 spiro atoms. The van der Waals surface area contributed by atoms with Crippen molar-refractivity contribution in [3.8, 4) is 5.75 Å². The molecule has 150 valence electrons. The summed E-state index contributed by atoms with van der Waals surface area (Å²) in [6, 6.07) is 21.3. The van der Waals surface area contributed by atoms with Gasteiger partial charge in [-0.05, 0) is 35.9 Å². The van der Waals surface area contributed by atoms with E-state index < -0.39 is 17.2 Å². The second-order valence-corrected chi connectivity index (χ2v) is 7.47. The molecule has 6 nitrogen and oxygen atoms in total. The number of nitrogens with one attached hydrogen (secondary N) is 1. The van der Waals surface area contributed by atoms with Gasteiger partial charge in [-0.3, -0.25) is 0 Å². The van der Waals surface area contributed by atoms with Crippen molar-refractivity contribution in [1.82, 2.24) is 0 Å². The van der Waals surface area contributed by atoms with E-state index in [0.717, 1.165) is 5.69 Å². The average molecular weight is 409 g/mol. The molecule has 0 aliphatic carbocycles. The molecule has 0 unspecified atom stereocenters. The molecule has 0 radical (unpaired) electrons. The second-order valence-electron chi connectivity index (χ2n) is 7.47. The van der Waals surface area contributed by atoms with E-state index >= 15 is 0 Å². The van der Waals surface area contributed by atoms with Gasteiger partial charge in [-0.25, -0.2) is 9.59 Å². The number of hydrogen-bond acceptors (Lipinski definition) is 6. The zero-order chi connectivity index (χ0) is 21.1. The summed E-state index contributed by atoms with van der Waals surface area (Å²) in [5.74, 6) is -1.05. The Kier molecular flexibility index (Phi) is 3.58. The van der Waals surface area contributed by atoms with Gasteiger partial charge in [0, 0.05) is 11.1 Å². The summed E-state index contributed by atoms with van der Waals surface area (Å²) in [5.41, 5.74) is 1.69. The van der Waals surface area contributed by atoms with Crippen molar-refractivity contribution in [1.29, 1.82) is 0 Å². The smallest absolute Gasteiger partial charge is 0.344 e. The van der Waals surface area contributed by atoms with Crippen LogP contribution in [0.5, 0.6) is 5.75 Å². The highest BCUT2D eigenvalue weighted by atomic mass is 16.4. The average Bonchev–Trinajstić information content (AvgIpc) is 2.78. The number of aromatic hydroxyl groups is 1. The SMILES string of the molecule is O=c1oc2ccccc2c(O)c1[C@@H]1c2ccccc2Nc2c1c(=O)oc1ccccc21. The van der Waals surface area contributed by atoms with E-state index in [1.165, 1.54) is 0 Å². The van der Waals surface area contributed by atoms with Crippen LogP contribution in [0.25, 0.3) is 21.9 Å². The number of fused-ring (bicyclic) bond motifs is 5. The van der Waals surface area contributed by atoms with Gasteiger partial charge in [-0.1, -0.05) is 42.5 Å². The first-order valence-electron chi connectivity index (χ1n) is 9.80. The van der Waals surface area contributed by atoms with Crippen molar-refractivity contribution in [2.24, 2.45) is 0 Å². The Morgan fingerprint density at radius 3 is 2.06 bits per heavy atom. The van der Waals surface area contributed by atoms with E-state index in [4.69, 9.17) is 8.83 Å². The fourth-order valence-electron chi connectivity index (χ4n) is 4.42.